The molecule has 2 N–H and O–H groups in total. The number of nitrogens with two attached hydrogens (primary N) is 1. The van der Waals surface area contributed by atoms with E-state index in [1.54, 1.807) is 0 Å². The number of nitrogens with zero attached hydrogens (tertiary/aromatic N) is 1. The first kappa shape index (κ1) is 12.5. The molecule has 0 bridgehead atoms. The molecule has 0 aliphatic carbocycles. The van der Waals surface area contributed by atoms with Crippen molar-refractivity contribution in [2.24, 2.45) is 0 Å². The van der Waals surface area contributed by atoms with Gasteiger partial charge in [-0.25, -0.2) is 0 Å². The highest BCUT2D eigenvalue weighted by Gasteiger charge is 2.08. The van der Waals surface area contributed by atoms with Crippen LogP contribution in [0, 0.1) is 13.8 Å². The molecule has 0 unspecified atom stereocenters. The Labute approximate surface area is 118 Å². The third kappa shape index (κ3) is 2.18. The van der Waals surface area contributed by atoms with Crippen molar-refractivity contribution in [3.05, 3.63) is 59.8 Å². The molecule has 0 fully saturated rings. The summed E-state index contributed by atoms with van der Waals surface area (Å²) in [7, 11) is 0. The predicted molar refractivity (Wildman–Crippen MR) is 82.1 cm³/mol. The van der Waals surface area contributed by atoms with Gasteiger partial charge in [0.05, 0.1) is 11.2 Å². The van der Waals surface area contributed by atoms with Gasteiger partial charge in [0.1, 0.15) is 5.75 Å². The number of para-hydroxylation sites is 2. The summed E-state index contributed by atoms with van der Waals surface area (Å²) in [6.45, 7) is 3.93. The zero-order valence-electron chi connectivity index (χ0n) is 11.6. The molecule has 20 heavy (non-hydrogen) atoms. The number of aromatic nitrogens is 1. The number of pyridine rings is 1. The van der Waals surface area contributed by atoms with Crippen molar-refractivity contribution >= 4 is 16.6 Å². The van der Waals surface area contributed by atoms with E-state index < -0.39 is 0 Å². The van der Waals surface area contributed by atoms with Gasteiger partial charge in [-0.1, -0.05) is 24.3 Å². The first-order chi connectivity index (χ1) is 9.65. The predicted octanol–water partition coefficient (Wildman–Crippen LogP) is 4.23. The zero-order chi connectivity index (χ0) is 14.1. The van der Waals surface area contributed by atoms with Crippen LogP contribution in [0.3, 0.4) is 0 Å². The minimum absolute atomic E-state index is 0.672. The number of hydrogen-bond acceptors (Lipinski definition) is 3. The maximum absolute atomic E-state index is 6.07. The molecule has 0 radical (unpaired) electrons. The second-order valence-electron chi connectivity index (χ2n) is 4.87. The van der Waals surface area contributed by atoms with Crippen LogP contribution in [0.2, 0.25) is 0 Å². The third-order valence-corrected chi connectivity index (χ3v) is 3.31. The SMILES string of the molecule is Cc1cc(Oc2cccc(C)c2N)c2ccccc2n1. The number of nitrogen functional groups attached to an aromatic ring is 1. The van der Waals surface area contributed by atoms with Gasteiger partial charge in [0.2, 0.25) is 0 Å². The van der Waals surface area contributed by atoms with Crippen LogP contribution in [0.4, 0.5) is 5.69 Å². The van der Waals surface area contributed by atoms with Gasteiger partial charge in [-0.15, -0.1) is 0 Å². The van der Waals surface area contributed by atoms with E-state index in [4.69, 9.17) is 10.5 Å². The number of benzene rings is 2. The summed E-state index contributed by atoms with van der Waals surface area (Å²) in [6.07, 6.45) is 0. The highest BCUT2D eigenvalue weighted by Crippen LogP contribution is 2.33. The highest BCUT2D eigenvalue weighted by atomic mass is 16.5. The van der Waals surface area contributed by atoms with E-state index in [1.165, 1.54) is 0 Å². The molecule has 0 spiro atoms. The Morgan fingerprint density at radius 1 is 0.950 bits per heavy atom. The van der Waals surface area contributed by atoms with E-state index in [9.17, 15) is 0 Å². The maximum Gasteiger partial charge on any atom is 0.150 e. The van der Waals surface area contributed by atoms with Gasteiger partial charge in [0.15, 0.2) is 5.75 Å². The van der Waals surface area contributed by atoms with Crippen LogP contribution in [0.5, 0.6) is 11.5 Å². The van der Waals surface area contributed by atoms with Gasteiger partial charge >= 0.3 is 0 Å². The molecule has 1 heterocycles. The largest absolute Gasteiger partial charge is 0.454 e. The van der Waals surface area contributed by atoms with Crippen LogP contribution in [0.1, 0.15) is 11.3 Å². The molecule has 100 valence electrons. The first-order valence-electron chi connectivity index (χ1n) is 6.54. The second-order valence-corrected chi connectivity index (χ2v) is 4.87. The molecule has 0 saturated carbocycles. The molecule has 3 aromatic rings. The maximum atomic E-state index is 6.07. The van der Waals surface area contributed by atoms with Gasteiger partial charge in [-0.2, -0.15) is 0 Å². The van der Waals surface area contributed by atoms with E-state index in [2.05, 4.69) is 4.98 Å². The summed E-state index contributed by atoms with van der Waals surface area (Å²) in [6, 6.07) is 15.7. The number of fused-ring (bicyclic) bond motifs is 1. The first-order valence-corrected chi connectivity index (χ1v) is 6.54. The number of aryl methyl sites for hydroxylation is 2. The Morgan fingerprint density at radius 3 is 2.60 bits per heavy atom. The molecule has 3 nitrogen and oxygen atoms in total. The molecule has 2 aromatic carbocycles. The monoisotopic (exact) mass is 264 g/mol. The lowest BCUT2D eigenvalue weighted by Gasteiger charge is -2.12. The Morgan fingerprint density at radius 2 is 1.75 bits per heavy atom. The molecule has 0 atom stereocenters. The number of ether oxygens (including phenoxy) is 1. The van der Waals surface area contributed by atoms with Crippen LogP contribution in [0.25, 0.3) is 10.9 Å². The summed E-state index contributed by atoms with van der Waals surface area (Å²) in [5.41, 5.74) is 9.60. The lowest BCUT2D eigenvalue weighted by Crippen LogP contribution is -1.96. The van der Waals surface area contributed by atoms with Gasteiger partial charge in [-0.05, 0) is 37.6 Å². The summed E-state index contributed by atoms with van der Waals surface area (Å²) in [5.74, 6) is 1.46. The van der Waals surface area contributed by atoms with Crippen molar-refractivity contribution in [1.82, 2.24) is 4.98 Å². The fourth-order valence-corrected chi connectivity index (χ4v) is 2.21. The fourth-order valence-electron chi connectivity index (χ4n) is 2.21. The quantitative estimate of drug-likeness (QED) is 0.705. The average Bonchev–Trinajstić information content (AvgIpc) is 2.43. The summed E-state index contributed by atoms with van der Waals surface area (Å²) in [4.78, 5) is 4.51. The van der Waals surface area contributed by atoms with Crippen LogP contribution < -0.4 is 10.5 Å². The highest BCUT2D eigenvalue weighted by molar-refractivity contribution is 5.85. The van der Waals surface area contributed by atoms with E-state index >= 15 is 0 Å². The smallest absolute Gasteiger partial charge is 0.150 e. The second kappa shape index (κ2) is 4.85. The fraction of sp³-hybridized carbons (Fsp3) is 0.118. The van der Waals surface area contributed by atoms with Crippen molar-refractivity contribution in [1.29, 1.82) is 0 Å². The van der Waals surface area contributed by atoms with Crippen LogP contribution >= 0.6 is 0 Å². The van der Waals surface area contributed by atoms with E-state index in [0.29, 0.717) is 11.4 Å². The Bertz CT molecular complexity index is 781. The summed E-state index contributed by atoms with van der Waals surface area (Å²) in [5, 5.41) is 0.985. The minimum Gasteiger partial charge on any atom is -0.454 e. The molecular weight excluding hydrogens is 248 g/mol. The molecule has 1 aromatic heterocycles. The van der Waals surface area contributed by atoms with Crippen LogP contribution in [-0.2, 0) is 0 Å². The summed E-state index contributed by atoms with van der Waals surface area (Å²) < 4.78 is 6.02. The normalized spacial score (nSPS) is 10.7. The van der Waals surface area contributed by atoms with Gasteiger partial charge in [0, 0.05) is 17.1 Å². The topological polar surface area (TPSA) is 48.1 Å². The van der Waals surface area contributed by atoms with Crippen molar-refractivity contribution in [2.45, 2.75) is 13.8 Å². The Balaban J connectivity index is 2.13. The zero-order valence-corrected chi connectivity index (χ0v) is 11.6. The van der Waals surface area contributed by atoms with E-state index in [-0.39, 0.29) is 0 Å². The minimum atomic E-state index is 0.672. The van der Waals surface area contributed by atoms with Crippen LogP contribution in [0.15, 0.2) is 48.5 Å². The van der Waals surface area contributed by atoms with Gasteiger partial charge in [0.25, 0.3) is 0 Å². The standard InChI is InChI=1S/C17H16N2O/c1-11-6-5-9-15(17(11)18)20-16-10-12(2)19-14-8-4-3-7-13(14)16/h3-10H,18H2,1-2H3. The molecular formula is C17H16N2O. The summed E-state index contributed by atoms with van der Waals surface area (Å²) >= 11 is 0. The third-order valence-electron chi connectivity index (χ3n) is 3.31. The lowest BCUT2D eigenvalue weighted by molar-refractivity contribution is 0.489. The Kier molecular flexibility index (Phi) is 3.03. The van der Waals surface area contributed by atoms with Crippen molar-refractivity contribution in [3.63, 3.8) is 0 Å². The van der Waals surface area contributed by atoms with E-state index in [1.807, 2.05) is 62.4 Å². The van der Waals surface area contributed by atoms with E-state index in [0.717, 1.165) is 27.9 Å². The van der Waals surface area contributed by atoms with Gasteiger partial charge < -0.3 is 10.5 Å². The molecule has 0 aliphatic heterocycles. The molecule has 0 saturated heterocycles. The molecule has 3 rings (SSSR count). The number of anilines is 1. The molecule has 0 aliphatic rings. The number of hydrogen-bond donors (Lipinski definition) is 1. The average molecular weight is 264 g/mol. The van der Waals surface area contributed by atoms with Crippen molar-refractivity contribution in [2.75, 3.05) is 5.73 Å². The number of rotatable bonds is 2. The van der Waals surface area contributed by atoms with Gasteiger partial charge in [-0.3, -0.25) is 4.98 Å². The van der Waals surface area contributed by atoms with Crippen LogP contribution in [-0.4, -0.2) is 4.98 Å². The molecule has 3 heteroatoms. The Hall–Kier alpha value is -2.55. The molecule has 0 amide bonds. The lowest BCUT2D eigenvalue weighted by atomic mass is 10.1. The van der Waals surface area contributed by atoms with Crippen molar-refractivity contribution < 1.29 is 4.74 Å². The van der Waals surface area contributed by atoms with Crippen molar-refractivity contribution in [3.8, 4) is 11.5 Å².